The number of aliphatic hydroxyl groups is 1. The molecule has 19 heteroatoms. The van der Waals surface area contributed by atoms with Crippen LogP contribution >= 0.6 is 15.6 Å². The monoisotopic (exact) mass is 1300 g/mol. The maximum atomic E-state index is 13.0. The number of hydrogen-bond donors (Lipinski definition) is 3. The van der Waals surface area contributed by atoms with Crippen LogP contribution in [-0.4, -0.2) is 96.7 Å². The Hall–Kier alpha value is -1.94. The number of carbonyl (C=O) groups excluding carboxylic acids is 4. The van der Waals surface area contributed by atoms with Gasteiger partial charge in [0, 0.05) is 25.7 Å². The lowest BCUT2D eigenvalue weighted by Crippen LogP contribution is -2.30. The van der Waals surface area contributed by atoms with Crippen molar-refractivity contribution < 1.29 is 80.2 Å². The molecule has 17 nitrogen and oxygen atoms in total. The van der Waals surface area contributed by atoms with Crippen molar-refractivity contribution in [1.29, 1.82) is 0 Å². The van der Waals surface area contributed by atoms with Crippen LogP contribution in [-0.2, 0) is 65.4 Å². The number of ether oxygens (including phenoxy) is 4. The first-order valence-electron chi connectivity index (χ1n) is 35.7. The minimum Gasteiger partial charge on any atom is -0.462 e. The summed E-state index contributed by atoms with van der Waals surface area (Å²) in [6.07, 6.45) is 40.7. The highest BCUT2D eigenvalue weighted by Crippen LogP contribution is 2.45. The van der Waals surface area contributed by atoms with Crippen molar-refractivity contribution in [3.05, 3.63) is 0 Å². The van der Waals surface area contributed by atoms with Crippen LogP contribution in [0.25, 0.3) is 0 Å². The second-order valence-electron chi connectivity index (χ2n) is 26.6. The zero-order chi connectivity index (χ0) is 65.4. The molecular formula is C69H134O17P2. The zero-order valence-corrected chi connectivity index (χ0v) is 59.1. The molecule has 88 heavy (non-hydrogen) atoms. The van der Waals surface area contributed by atoms with E-state index in [4.69, 9.17) is 37.0 Å². The number of esters is 4. The largest absolute Gasteiger partial charge is 0.472 e. The SMILES string of the molecule is CCC(C)CCCCCCCCC(=O)O[C@H](COC(=O)CCCCCCCCC(C)C)COP(=O)(O)OC[C@H](O)COP(=O)(O)OC[C@@H](COC(=O)CCCCCCCCCC(C)C)OC(=O)CCCCCCCCCCCCCCCCCCC(C)C. The summed E-state index contributed by atoms with van der Waals surface area (Å²) in [5, 5.41) is 10.6. The average Bonchev–Trinajstić information content (AvgIpc) is 3.69. The molecule has 0 aromatic rings. The smallest absolute Gasteiger partial charge is 0.462 e. The molecule has 0 aromatic heterocycles. The molecular weight excluding hydrogens is 1160 g/mol. The maximum absolute atomic E-state index is 13.0. The van der Waals surface area contributed by atoms with Gasteiger partial charge in [0.2, 0.25) is 0 Å². The third kappa shape index (κ3) is 61.6. The van der Waals surface area contributed by atoms with Gasteiger partial charge in [-0.05, 0) is 49.4 Å². The van der Waals surface area contributed by atoms with Gasteiger partial charge in [-0.2, -0.15) is 0 Å². The Labute approximate surface area is 537 Å². The summed E-state index contributed by atoms with van der Waals surface area (Å²) >= 11 is 0. The van der Waals surface area contributed by atoms with Gasteiger partial charge < -0.3 is 33.8 Å². The van der Waals surface area contributed by atoms with Crippen molar-refractivity contribution in [2.45, 2.75) is 356 Å². The normalized spacial score (nSPS) is 14.6. The summed E-state index contributed by atoms with van der Waals surface area (Å²) in [5.74, 6) is 0.777. The van der Waals surface area contributed by atoms with E-state index in [0.717, 1.165) is 115 Å². The first-order chi connectivity index (χ1) is 42.1. The minimum atomic E-state index is -4.95. The highest BCUT2D eigenvalue weighted by molar-refractivity contribution is 7.47. The van der Waals surface area contributed by atoms with E-state index < -0.39 is 97.5 Å². The standard InChI is InChI=1S/C69H134O17P2/c1-9-62(8)48-40-32-26-28-36-44-52-69(74)86-65(56-80-67(72)50-42-34-27-25-31-39-47-61(6)7)58-84-88(77,78)82-54-63(70)53-81-87(75,76)83-57-64(55-79-66(71)49-41-33-24-20-22-30-38-46-60(4)5)85-68(73)51-43-35-23-19-17-15-13-11-10-12-14-16-18-21-29-37-45-59(2)3/h59-65,70H,9-58H2,1-8H3,(H,75,76)(H,77,78)/t62?,63-,64-,65-/m1/s1. The molecule has 0 aliphatic rings. The number of rotatable bonds is 66. The molecule has 0 saturated heterocycles. The number of hydrogen-bond acceptors (Lipinski definition) is 15. The predicted molar refractivity (Wildman–Crippen MR) is 354 cm³/mol. The van der Waals surface area contributed by atoms with Crippen LogP contribution in [0.3, 0.4) is 0 Å². The van der Waals surface area contributed by atoms with Crippen LogP contribution in [0.15, 0.2) is 0 Å². The predicted octanol–water partition coefficient (Wildman–Crippen LogP) is 19.3. The van der Waals surface area contributed by atoms with Gasteiger partial charge in [0.25, 0.3) is 0 Å². The molecule has 0 spiro atoms. The van der Waals surface area contributed by atoms with Crippen molar-refractivity contribution in [1.82, 2.24) is 0 Å². The van der Waals surface area contributed by atoms with Gasteiger partial charge in [-0.15, -0.1) is 0 Å². The molecule has 0 aromatic carbocycles. The van der Waals surface area contributed by atoms with E-state index in [1.54, 1.807) is 0 Å². The third-order valence-electron chi connectivity index (χ3n) is 16.2. The minimum absolute atomic E-state index is 0.101. The summed E-state index contributed by atoms with van der Waals surface area (Å²) in [7, 11) is -9.90. The highest BCUT2D eigenvalue weighted by atomic mass is 31.2. The molecule has 6 atom stereocenters. The molecule has 0 rings (SSSR count). The first-order valence-corrected chi connectivity index (χ1v) is 38.7. The molecule has 0 saturated carbocycles. The van der Waals surface area contributed by atoms with E-state index in [0.29, 0.717) is 37.5 Å². The van der Waals surface area contributed by atoms with Crippen molar-refractivity contribution in [2.24, 2.45) is 23.7 Å². The molecule has 0 aliphatic carbocycles. The Bertz CT molecular complexity index is 1750. The topological polar surface area (TPSA) is 237 Å². The molecule has 3 unspecified atom stereocenters. The van der Waals surface area contributed by atoms with E-state index in [9.17, 15) is 43.2 Å². The summed E-state index contributed by atoms with van der Waals surface area (Å²) in [6, 6.07) is 0. The molecule has 522 valence electrons. The summed E-state index contributed by atoms with van der Waals surface area (Å²) < 4.78 is 68.1. The van der Waals surface area contributed by atoms with Crippen molar-refractivity contribution >= 4 is 39.5 Å². The van der Waals surface area contributed by atoms with Gasteiger partial charge in [0.15, 0.2) is 12.2 Å². The fourth-order valence-electron chi connectivity index (χ4n) is 10.3. The number of unbranched alkanes of at least 4 members (excludes halogenated alkanes) is 31. The number of carbonyl (C=O) groups is 4. The van der Waals surface area contributed by atoms with E-state index >= 15 is 0 Å². The van der Waals surface area contributed by atoms with Crippen LogP contribution < -0.4 is 0 Å². The molecule has 3 N–H and O–H groups in total. The van der Waals surface area contributed by atoms with Crippen molar-refractivity contribution in [3.63, 3.8) is 0 Å². The molecule has 0 aliphatic heterocycles. The second kappa shape index (κ2) is 58.8. The van der Waals surface area contributed by atoms with Crippen LogP contribution in [0, 0.1) is 23.7 Å². The van der Waals surface area contributed by atoms with Crippen LogP contribution in [0.5, 0.6) is 0 Å². The molecule has 0 radical (unpaired) electrons. The van der Waals surface area contributed by atoms with Gasteiger partial charge >= 0.3 is 39.5 Å². The van der Waals surface area contributed by atoms with Gasteiger partial charge in [-0.25, -0.2) is 9.13 Å². The second-order valence-corrected chi connectivity index (χ2v) is 29.5. The van der Waals surface area contributed by atoms with E-state index in [2.05, 4.69) is 55.4 Å². The molecule has 0 bridgehead atoms. The fourth-order valence-corrected chi connectivity index (χ4v) is 11.9. The third-order valence-corrected chi connectivity index (χ3v) is 18.1. The first kappa shape index (κ1) is 86.1. The van der Waals surface area contributed by atoms with Crippen LogP contribution in [0.4, 0.5) is 0 Å². The van der Waals surface area contributed by atoms with Gasteiger partial charge in [0.1, 0.15) is 19.3 Å². The van der Waals surface area contributed by atoms with Crippen LogP contribution in [0.1, 0.15) is 338 Å². The van der Waals surface area contributed by atoms with E-state index in [-0.39, 0.29) is 25.7 Å². The summed E-state index contributed by atoms with van der Waals surface area (Å²) in [6.45, 7) is 14.0. The summed E-state index contributed by atoms with van der Waals surface area (Å²) in [5.41, 5.74) is 0. The number of aliphatic hydroxyl groups excluding tert-OH is 1. The Morgan fingerprint density at radius 3 is 0.807 bits per heavy atom. The van der Waals surface area contributed by atoms with Crippen LogP contribution in [0.2, 0.25) is 0 Å². The van der Waals surface area contributed by atoms with Crippen molar-refractivity contribution in [2.75, 3.05) is 39.6 Å². The van der Waals surface area contributed by atoms with Gasteiger partial charge in [-0.1, -0.05) is 287 Å². The van der Waals surface area contributed by atoms with E-state index in [1.807, 2.05) is 0 Å². The Morgan fingerprint density at radius 1 is 0.318 bits per heavy atom. The van der Waals surface area contributed by atoms with E-state index in [1.165, 1.54) is 128 Å². The Kier molecular flexibility index (Phi) is 57.6. The number of phosphoric acid groups is 2. The Balaban J connectivity index is 5.19. The summed E-state index contributed by atoms with van der Waals surface area (Å²) in [4.78, 5) is 72.4. The van der Waals surface area contributed by atoms with Gasteiger partial charge in [0.05, 0.1) is 26.4 Å². The zero-order valence-electron chi connectivity index (χ0n) is 57.3. The molecule has 0 amide bonds. The Morgan fingerprint density at radius 2 is 0.545 bits per heavy atom. The maximum Gasteiger partial charge on any atom is 0.472 e. The van der Waals surface area contributed by atoms with Gasteiger partial charge in [-0.3, -0.25) is 37.3 Å². The molecule has 0 heterocycles. The lowest BCUT2D eigenvalue weighted by atomic mass is 10.00. The lowest BCUT2D eigenvalue weighted by molar-refractivity contribution is -0.161. The fraction of sp³-hybridized carbons (Fsp3) is 0.942. The number of phosphoric ester groups is 2. The quantitative estimate of drug-likeness (QED) is 0.0222. The lowest BCUT2D eigenvalue weighted by Gasteiger charge is -2.21. The highest BCUT2D eigenvalue weighted by Gasteiger charge is 2.30. The van der Waals surface area contributed by atoms with Crippen molar-refractivity contribution in [3.8, 4) is 0 Å². The molecule has 0 fully saturated rings. The average molecular weight is 1300 g/mol.